The van der Waals surface area contributed by atoms with Gasteiger partial charge in [0.05, 0.1) is 0 Å². The van der Waals surface area contributed by atoms with Crippen LogP contribution in [0.25, 0.3) is 0 Å². The van der Waals surface area contributed by atoms with Crippen LogP contribution in [0.4, 0.5) is 4.79 Å². The van der Waals surface area contributed by atoms with Crippen molar-refractivity contribution in [3.63, 3.8) is 0 Å². The lowest BCUT2D eigenvalue weighted by Crippen LogP contribution is -2.43. The van der Waals surface area contributed by atoms with E-state index in [1.807, 2.05) is 31.2 Å². The van der Waals surface area contributed by atoms with Crippen molar-refractivity contribution in [3.8, 4) is 0 Å². The summed E-state index contributed by atoms with van der Waals surface area (Å²) in [5.74, 6) is -0.230. The Bertz CT molecular complexity index is 510. The minimum Gasteiger partial charge on any atom is -0.319 e. The summed E-state index contributed by atoms with van der Waals surface area (Å²) in [4.78, 5) is 23.9. The van der Waals surface area contributed by atoms with E-state index in [9.17, 15) is 9.59 Å². The van der Waals surface area contributed by atoms with Crippen LogP contribution in [0.5, 0.6) is 0 Å². The number of rotatable bonds is 7. The third kappa shape index (κ3) is 3.43. The Balaban J connectivity index is 2.14. The maximum atomic E-state index is 12.3. The molecule has 0 radical (unpaired) electrons. The number of unbranched alkanes of at least 4 members (excludes halogenated alkanes) is 4. The molecule has 1 aliphatic heterocycles. The van der Waals surface area contributed by atoms with Crippen LogP contribution in [-0.4, -0.2) is 11.9 Å². The number of hydrogen-bond donors (Lipinski definition) is 2. The number of amides is 3. The number of carbonyl (C=O) groups is 2. The molecular formula is C17H24N2O2. The monoisotopic (exact) mass is 288 g/mol. The van der Waals surface area contributed by atoms with E-state index < -0.39 is 11.6 Å². The SMILES string of the molecule is CCCCCCCC1(c2ccc(C)cc2)NC(=O)NC1=O. The molecule has 0 saturated carbocycles. The van der Waals surface area contributed by atoms with E-state index in [1.165, 1.54) is 19.3 Å². The van der Waals surface area contributed by atoms with E-state index in [4.69, 9.17) is 0 Å². The number of carbonyl (C=O) groups excluding carboxylic acids is 2. The van der Waals surface area contributed by atoms with Gasteiger partial charge in [-0.15, -0.1) is 0 Å². The highest BCUT2D eigenvalue weighted by Gasteiger charge is 2.46. The van der Waals surface area contributed by atoms with Gasteiger partial charge in [0, 0.05) is 0 Å². The van der Waals surface area contributed by atoms with E-state index >= 15 is 0 Å². The Morgan fingerprint density at radius 2 is 1.67 bits per heavy atom. The molecule has 0 aromatic heterocycles. The molecule has 1 saturated heterocycles. The van der Waals surface area contributed by atoms with Crippen LogP contribution in [0.1, 0.15) is 56.6 Å². The Labute approximate surface area is 126 Å². The topological polar surface area (TPSA) is 58.2 Å². The number of nitrogens with one attached hydrogen (secondary N) is 2. The predicted octanol–water partition coefficient (Wildman–Crippen LogP) is 3.39. The molecule has 3 amide bonds. The van der Waals surface area contributed by atoms with Gasteiger partial charge in [0.25, 0.3) is 5.91 Å². The molecule has 1 aromatic rings. The second-order valence-electron chi connectivity index (χ2n) is 5.84. The molecule has 0 spiro atoms. The van der Waals surface area contributed by atoms with Crippen LogP contribution in [0.2, 0.25) is 0 Å². The molecule has 1 atom stereocenters. The Morgan fingerprint density at radius 1 is 1.00 bits per heavy atom. The molecule has 1 unspecified atom stereocenters. The second kappa shape index (κ2) is 6.74. The van der Waals surface area contributed by atoms with Crippen molar-refractivity contribution in [1.29, 1.82) is 0 Å². The molecule has 0 aliphatic carbocycles. The van der Waals surface area contributed by atoms with Gasteiger partial charge in [-0.1, -0.05) is 68.9 Å². The third-order valence-electron chi connectivity index (χ3n) is 4.14. The maximum Gasteiger partial charge on any atom is 0.322 e. The standard InChI is InChI=1S/C17H24N2O2/c1-3-4-5-6-7-12-17(15(20)18-16(21)19-17)14-10-8-13(2)9-11-14/h8-11H,3-7,12H2,1-2H3,(H2,18,19,20,21). The highest BCUT2D eigenvalue weighted by molar-refractivity contribution is 6.07. The van der Waals surface area contributed by atoms with Crippen LogP contribution in [0.3, 0.4) is 0 Å². The Kier molecular flexibility index (Phi) is 4.99. The summed E-state index contributed by atoms with van der Waals surface area (Å²) in [5.41, 5.74) is 1.12. The predicted molar refractivity (Wildman–Crippen MR) is 82.9 cm³/mol. The van der Waals surface area contributed by atoms with Crippen LogP contribution >= 0.6 is 0 Å². The normalized spacial score (nSPS) is 21.2. The van der Waals surface area contributed by atoms with Crippen molar-refractivity contribution in [2.75, 3.05) is 0 Å². The first kappa shape index (κ1) is 15.5. The summed E-state index contributed by atoms with van der Waals surface area (Å²) in [6.45, 7) is 4.19. The molecule has 1 fully saturated rings. The summed E-state index contributed by atoms with van der Waals surface area (Å²) >= 11 is 0. The van der Waals surface area contributed by atoms with Crippen LogP contribution in [-0.2, 0) is 10.3 Å². The quantitative estimate of drug-likeness (QED) is 0.597. The molecule has 2 rings (SSSR count). The minimum absolute atomic E-state index is 0.230. The van der Waals surface area contributed by atoms with Crippen molar-refractivity contribution in [2.24, 2.45) is 0 Å². The van der Waals surface area contributed by atoms with Crippen molar-refractivity contribution >= 4 is 11.9 Å². The van der Waals surface area contributed by atoms with E-state index in [1.54, 1.807) is 0 Å². The number of aryl methyl sites for hydroxylation is 1. The first-order valence-corrected chi connectivity index (χ1v) is 7.79. The summed E-state index contributed by atoms with van der Waals surface area (Å²) in [7, 11) is 0. The summed E-state index contributed by atoms with van der Waals surface area (Å²) in [6, 6.07) is 7.44. The molecular weight excluding hydrogens is 264 g/mol. The first-order valence-electron chi connectivity index (χ1n) is 7.79. The lowest BCUT2D eigenvalue weighted by molar-refractivity contribution is -0.124. The van der Waals surface area contributed by atoms with Gasteiger partial charge in [-0.3, -0.25) is 10.1 Å². The lowest BCUT2D eigenvalue weighted by atomic mass is 9.84. The van der Waals surface area contributed by atoms with Crippen LogP contribution < -0.4 is 10.6 Å². The van der Waals surface area contributed by atoms with Gasteiger partial charge in [0.2, 0.25) is 0 Å². The second-order valence-corrected chi connectivity index (χ2v) is 5.84. The van der Waals surface area contributed by atoms with Gasteiger partial charge >= 0.3 is 6.03 Å². The fourth-order valence-electron chi connectivity index (χ4n) is 2.85. The maximum absolute atomic E-state index is 12.3. The Hall–Kier alpha value is -1.84. The molecule has 114 valence electrons. The molecule has 1 aromatic carbocycles. The van der Waals surface area contributed by atoms with E-state index in [0.717, 1.165) is 24.0 Å². The lowest BCUT2D eigenvalue weighted by Gasteiger charge is -2.26. The number of benzene rings is 1. The smallest absolute Gasteiger partial charge is 0.319 e. The number of imide groups is 1. The minimum atomic E-state index is -0.892. The van der Waals surface area contributed by atoms with Gasteiger partial charge < -0.3 is 5.32 Å². The van der Waals surface area contributed by atoms with E-state index in [-0.39, 0.29) is 5.91 Å². The molecule has 21 heavy (non-hydrogen) atoms. The summed E-state index contributed by atoms with van der Waals surface area (Å²) in [6.07, 6.45) is 6.26. The van der Waals surface area contributed by atoms with Crippen LogP contribution in [0.15, 0.2) is 24.3 Å². The highest BCUT2D eigenvalue weighted by Crippen LogP contribution is 2.31. The highest BCUT2D eigenvalue weighted by atomic mass is 16.2. The molecule has 0 bridgehead atoms. The zero-order valence-corrected chi connectivity index (χ0v) is 12.9. The van der Waals surface area contributed by atoms with Gasteiger partial charge in [0.15, 0.2) is 0 Å². The molecule has 1 heterocycles. The summed E-state index contributed by atoms with van der Waals surface area (Å²) < 4.78 is 0. The molecule has 2 N–H and O–H groups in total. The average molecular weight is 288 g/mol. The van der Waals surface area contributed by atoms with Gasteiger partial charge in [-0.05, 0) is 18.9 Å². The average Bonchev–Trinajstić information content (AvgIpc) is 2.75. The van der Waals surface area contributed by atoms with Crippen molar-refractivity contribution in [1.82, 2.24) is 10.6 Å². The van der Waals surface area contributed by atoms with Gasteiger partial charge in [0.1, 0.15) is 5.54 Å². The fourth-order valence-corrected chi connectivity index (χ4v) is 2.85. The van der Waals surface area contributed by atoms with E-state index in [2.05, 4.69) is 17.6 Å². The Morgan fingerprint density at radius 3 is 2.24 bits per heavy atom. The third-order valence-corrected chi connectivity index (χ3v) is 4.14. The van der Waals surface area contributed by atoms with Gasteiger partial charge in [-0.25, -0.2) is 4.79 Å². The van der Waals surface area contributed by atoms with Crippen molar-refractivity contribution in [3.05, 3.63) is 35.4 Å². The largest absolute Gasteiger partial charge is 0.322 e. The first-order chi connectivity index (χ1) is 10.1. The van der Waals surface area contributed by atoms with Crippen molar-refractivity contribution in [2.45, 2.75) is 57.9 Å². The van der Waals surface area contributed by atoms with Crippen LogP contribution in [0, 0.1) is 6.92 Å². The molecule has 4 heteroatoms. The zero-order valence-electron chi connectivity index (χ0n) is 12.9. The zero-order chi connectivity index (χ0) is 15.3. The summed E-state index contributed by atoms with van der Waals surface area (Å²) in [5, 5.41) is 5.23. The molecule has 1 aliphatic rings. The van der Waals surface area contributed by atoms with Gasteiger partial charge in [-0.2, -0.15) is 0 Å². The van der Waals surface area contributed by atoms with E-state index in [0.29, 0.717) is 6.42 Å². The number of hydrogen-bond acceptors (Lipinski definition) is 2. The molecule has 4 nitrogen and oxygen atoms in total. The number of urea groups is 1. The van der Waals surface area contributed by atoms with Crippen molar-refractivity contribution < 1.29 is 9.59 Å². The fraction of sp³-hybridized carbons (Fsp3) is 0.529.